The highest BCUT2D eigenvalue weighted by Crippen LogP contribution is 2.24. The molecule has 0 atom stereocenters. The lowest BCUT2D eigenvalue weighted by atomic mass is 10.2. The van der Waals surface area contributed by atoms with Gasteiger partial charge in [-0.1, -0.05) is 12.1 Å². The molecule has 0 spiro atoms. The molecular formula is C15H12BrN2O3-. The number of anilines is 1. The van der Waals surface area contributed by atoms with Gasteiger partial charge in [0.1, 0.15) is 5.75 Å². The van der Waals surface area contributed by atoms with Gasteiger partial charge in [-0.05, 0) is 57.4 Å². The van der Waals surface area contributed by atoms with Gasteiger partial charge >= 0.3 is 0 Å². The van der Waals surface area contributed by atoms with Crippen LogP contribution >= 0.6 is 15.9 Å². The number of carboxylic acids is 1. The van der Waals surface area contributed by atoms with Crippen LogP contribution < -0.4 is 15.3 Å². The summed E-state index contributed by atoms with van der Waals surface area (Å²) in [5.41, 5.74) is 4.52. The van der Waals surface area contributed by atoms with Crippen molar-refractivity contribution in [2.75, 3.05) is 12.5 Å². The Kier molecular flexibility index (Phi) is 4.94. The topological polar surface area (TPSA) is 73.8 Å². The van der Waals surface area contributed by atoms with Gasteiger partial charge in [0.05, 0.1) is 29.5 Å². The molecule has 0 bridgehead atoms. The third kappa shape index (κ3) is 4.06. The summed E-state index contributed by atoms with van der Waals surface area (Å²) in [5, 5.41) is 14.7. The zero-order valence-electron chi connectivity index (χ0n) is 11.2. The molecular weight excluding hydrogens is 336 g/mol. The number of hydrazone groups is 1. The molecule has 21 heavy (non-hydrogen) atoms. The fraction of sp³-hybridized carbons (Fsp3) is 0.0667. The normalized spacial score (nSPS) is 10.6. The first-order valence-corrected chi connectivity index (χ1v) is 6.83. The van der Waals surface area contributed by atoms with E-state index in [1.54, 1.807) is 25.5 Å². The van der Waals surface area contributed by atoms with Crippen LogP contribution in [0.25, 0.3) is 0 Å². The number of halogens is 1. The van der Waals surface area contributed by atoms with E-state index in [0.717, 1.165) is 15.8 Å². The van der Waals surface area contributed by atoms with Crippen molar-refractivity contribution in [2.45, 2.75) is 0 Å². The number of nitrogens with zero attached hydrogens (tertiary/aromatic N) is 1. The monoisotopic (exact) mass is 347 g/mol. The Morgan fingerprint density at radius 2 is 2.00 bits per heavy atom. The molecule has 1 N–H and O–H groups in total. The van der Waals surface area contributed by atoms with E-state index in [1.165, 1.54) is 12.1 Å². The van der Waals surface area contributed by atoms with Gasteiger partial charge in [-0.15, -0.1) is 0 Å². The number of hydrogen-bond acceptors (Lipinski definition) is 5. The second-order valence-corrected chi connectivity index (χ2v) is 4.98. The van der Waals surface area contributed by atoms with E-state index in [4.69, 9.17) is 4.74 Å². The summed E-state index contributed by atoms with van der Waals surface area (Å²) in [6.45, 7) is 0. The molecule has 0 amide bonds. The second kappa shape index (κ2) is 6.90. The number of aromatic carboxylic acids is 1. The van der Waals surface area contributed by atoms with Crippen molar-refractivity contribution in [3.63, 3.8) is 0 Å². The van der Waals surface area contributed by atoms with Gasteiger partial charge in [0.25, 0.3) is 0 Å². The van der Waals surface area contributed by atoms with Crippen LogP contribution in [0.2, 0.25) is 0 Å². The average molecular weight is 348 g/mol. The van der Waals surface area contributed by atoms with Crippen molar-refractivity contribution in [2.24, 2.45) is 5.10 Å². The van der Waals surface area contributed by atoms with Crippen LogP contribution in [0.15, 0.2) is 52.0 Å². The lowest BCUT2D eigenvalue weighted by Crippen LogP contribution is -2.21. The molecule has 0 aliphatic rings. The summed E-state index contributed by atoms with van der Waals surface area (Å²) in [7, 11) is 1.60. The second-order valence-electron chi connectivity index (χ2n) is 4.13. The Labute approximate surface area is 130 Å². The molecule has 108 valence electrons. The van der Waals surface area contributed by atoms with Crippen LogP contribution in [0.5, 0.6) is 5.75 Å². The zero-order valence-corrected chi connectivity index (χ0v) is 12.8. The van der Waals surface area contributed by atoms with E-state index in [0.29, 0.717) is 5.69 Å². The van der Waals surface area contributed by atoms with E-state index in [2.05, 4.69) is 26.5 Å². The highest BCUT2D eigenvalue weighted by Gasteiger charge is 1.99. The Hall–Kier alpha value is -2.34. The molecule has 2 rings (SSSR count). The molecule has 6 heteroatoms. The lowest BCUT2D eigenvalue weighted by molar-refractivity contribution is -0.255. The minimum atomic E-state index is -1.20. The summed E-state index contributed by atoms with van der Waals surface area (Å²) in [4.78, 5) is 10.6. The summed E-state index contributed by atoms with van der Waals surface area (Å²) in [6, 6.07) is 11.7. The van der Waals surface area contributed by atoms with Crippen molar-refractivity contribution >= 4 is 33.8 Å². The molecule has 0 radical (unpaired) electrons. The van der Waals surface area contributed by atoms with E-state index in [-0.39, 0.29) is 5.56 Å². The first-order valence-electron chi connectivity index (χ1n) is 6.04. The largest absolute Gasteiger partial charge is 0.545 e. The van der Waals surface area contributed by atoms with Crippen molar-refractivity contribution in [3.05, 3.63) is 58.1 Å². The fourth-order valence-electron chi connectivity index (χ4n) is 1.63. The van der Waals surface area contributed by atoms with Crippen molar-refractivity contribution < 1.29 is 14.6 Å². The van der Waals surface area contributed by atoms with Gasteiger partial charge in [0.15, 0.2) is 0 Å². The van der Waals surface area contributed by atoms with Gasteiger partial charge < -0.3 is 14.6 Å². The Morgan fingerprint density at radius 3 is 2.57 bits per heavy atom. The summed E-state index contributed by atoms with van der Waals surface area (Å²) >= 11 is 3.40. The number of carbonyl (C=O) groups is 1. The van der Waals surface area contributed by atoms with Gasteiger partial charge in [-0.2, -0.15) is 5.10 Å². The molecule has 0 unspecified atom stereocenters. The van der Waals surface area contributed by atoms with E-state index >= 15 is 0 Å². The van der Waals surface area contributed by atoms with Crippen LogP contribution in [0.1, 0.15) is 15.9 Å². The van der Waals surface area contributed by atoms with E-state index < -0.39 is 5.97 Å². The fourth-order valence-corrected chi connectivity index (χ4v) is 2.18. The predicted molar refractivity (Wildman–Crippen MR) is 82.7 cm³/mol. The molecule has 0 saturated carbocycles. The molecule has 0 aliphatic heterocycles. The van der Waals surface area contributed by atoms with Crippen molar-refractivity contribution in [1.82, 2.24) is 0 Å². The number of ether oxygens (including phenoxy) is 1. The zero-order chi connectivity index (χ0) is 15.2. The summed E-state index contributed by atoms with van der Waals surface area (Å²) in [6.07, 6.45) is 1.65. The first-order chi connectivity index (χ1) is 10.1. The molecule has 0 aromatic heterocycles. The number of carboxylic acid groups (broad SMARTS) is 1. The maximum absolute atomic E-state index is 10.6. The molecule has 0 aliphatic carbocycles. The third-order valence-corrected chi connectivity index (χ3v) is 3.32. The molecule has 0 fully saturated rings. The maximum atomic E-state index is 10.6. The number of hydrogen-bond donors (Lipinski definition) is 1. The van der Waals surface area contributed by atoms with Crippen molar-refractivity contribution in [3.8, 4) is 5.75 Å². The molecule has 0 saturated heterocycles. The van der Waals surface area contributed by atoms with Gasteiger partial charge in [-0.3, -0.25) is 5.43 Å². The summed E-state index contributed by atoms with van der Waals surface area (Å²) < 4.78 is 5.98. The molecule has 0 heterocycles. The SMILES string of the molecule is COc1ccc(/C=N\Nc2ccc(C(=O)[O-])cc2)cc1Br. The van der Waals surface area contributed by atoms with Crippen LogP contribution in [0.4, 0.5) is 5.69 Å². The molecule has 5 nitrogen and oxygen atoms in total. The third-order valence-electron chi connectivity index (χ3n) is 2.70. The highest BCUT2D eigenvalue weighted by atomic mass is 79.9. The predicted octanol–water partition coefficient (Wildman–Crippen LogP) is 2.27. The van der Waals surface area contributed by atoms with Crippen molar-refractivity contribution in [1.29, 1.82) is 0 Å². The first kappa shape index (κ1) is 15.1. The minimum absolute atomic E-state index is 0.128. The van der Waals surface area contributed by atoms with Crippen LogP contribution in [0.3, 0.4) is 0 Å². The van der Waals surface area contributed by atoms with Crippen LogP contribution in [0, 0.1) is 0 Å². The number of methoxy groups -OCH3 is 1. The Bertz CT molecular complexity index is 669. The van der Waals surface area contributed by atoms with Gasteiger partial charge in [0, 0.05) is 0 Å². The number of rotatable bonds is 5. The Balaban J connectivity index is 2.01. The standard InChI is InChI=1S/C15H13BrN2O3/c1-21-14-7-2-10(8-13(14)16)9-17-18-12-5-3-11(4-6-12)15(19)20/h2-9,18H,1H3,(H,19,20)/p-1/b17-9-. The highest BCUT2D eigenvalue weighted by molar-refractivity contribution is 9.10. The van der Waals surface area contributed by atoms with Gasteiger partial charge in [0.2, 0.25) is 0 Å². The minimum Gasteiger partial charge on any atom is -0.545 e. The van der Waals surface area contributed by atoms with E-state index in [9.17, 15) is 9.90 Å². The lowest BCUT2D eigenvalue weighted by Gasteiger charge is -2.05. The number of nitrogens with one attached hydrogen (secondary N) is 1. The van der Waals surface area contributed by atoms with Crippen LogP contribution in [-0.4, -0.2) is 19.3 Å². The number of carbonyl (C=O) groups excluding carboxylic acids is 1. The van der Waals surface area contributed by atoms with Gasteiger partial charge in [-0.25, -0.2) is 0 Å². The molecule has 2 aromatic carbocycles. The van der Waals surface area contributed by atoms with E-state index in [1.807, 2.05) is 18.2 Å². The number of benzene rings is 2. The smallest absolute Gasteiger partial charge is 0.133 e. The summed E-state index contributed by atoms with van der Waals surface area (Å²) in [5.74, 6) is -0.453. The quantitative estimate of drug-likeness (QED) is 0.665. The average Bonchev–Trinajstić information content (AvgIpc) is 2.48. The van der Waals surface area contributed by atoms with Crippen LogP contribution in [-0.2, 0) is 0 Å². The maximum Gasteiger partial charge on any atom is 0.133 e. The Morgan fingerprint density at radius 1 is 1.29 bits per heavy atom. The molecule has 2 aromatic rings.